The van der Waals surface area contributed by atoms with Gasteiger partial charge in [0.1, 0.15) is 0 Å². The molecule has 0 heterocycles. The van der Waals surface area contributed by atoms with Crippen LogP contribution in [0.2, 0.25) is 0 Å². The minimum absolute atomic E-state index is 1.31. The number of ether oxygens (including phenoxy) is 1. The standard InChI is InChI=1S/C5H2F7N3O2/c6-3(7,8)1-17-2(16)4(9,10)5(11,12)14-15-13/h1H2. The number of alkyl halides is 7. The first kappa shape index (κ1) is 15.3. The van der Waals surface area contributed by atoms with Crippen LogP contribution in [-0.4, -0.2) is 30.7 Å². The van der Waals surface area contributed by atoms with Gasteiger partial charge in [0.05, 0.1) is 0 Å². The summed E-state index contributed by atoms with van der Waals surface area (Å²) in [7, 11) is 0. The van der Waals surface area contributed by atoms with Gasteiger partial charge in [0, 0.05) is 4.91 Å². The number of rotatable bonds is 4. The second-order valence-electron chi connectivity index (χ2n) is 2.50. The fraction of sp³-hybridized carbons (Fsp3) is 0.800. The summed E-state index contributed by atoms with van der Waals surface area (Å²) in [4.78, 5) is 11.6. The van der Waals surface area contributed by atoms with Crippen molar-refractivity contribution >= 4 is 5.97 Å². The van der Waals surface area contributed by atoms with E-state index in [-0.39, 0.29) is 0 Å². The zero-order valence-corrected chi connectivity index (χ0v) is 7.51. The Morgan fingerprint density at radius 2 is 1.65 bits per heavy atom. The molecular formula is C5H2F7N3O2. The maximum Gasteiger partial charge on any atom is 0.422 e. The fourth-order valence-electron chi connectivity index (χ4n) is 0.480. The van der Waals surface area contributed by atoms with Crippen LogP contribution in [-0.2, 0) is 9.53 Å². The van der Waals surface area contributed by atoms with Gasteiger partial charge < -0.3 is 4.74 Å². The van der Waals surface area contributed by atoms with Gasteiger partial charge in [-0.3, -0.25) is 0 Å². The third kappa shape index (κ3) is 3.98. The summed E-state index contributed by atoms with van der Waals surface area (Å²) in [5.74, 6) is -8.84. The van der Waals surface area contributed by atoms with E-state index < -0.39 is 30.7 Å². The molecule has 98 valence electrons. The molecule has 0 saturated carbocycles. The lowest BCUT2D eigenvalue weighted by molar-refractivity contribution is -0.238. The van der Waals surface area contributed by atoms with Crippen molar-refractivity contribution in [3.63, 3.8) is 0 Å². The van der Waals surface area contributed by atoms with Crippen molar-refractivity contribution in [3.05, 3.63) is 10.4 Å². The first-order valence-electron chi connectivity index (χ1n) is 3.50. The van der Waals surface area contributed by atoms with Gasteiger partial charge >= 0.3 is 24.1 Å². The van der Waals surface area contributed by atoms with Crippen LogP contribution in [0.3, 0.4) is 0 Å². The Morgan fingerprint density at radius 3 is 2.00 bits per heavy atom. The maximum atomic E-state index is 12.5. The van der Waals surface area contributed by atoms with Gasteiger partial charge in [0.25, 0.3) is 0 Å². The first-order chi connectivity index (χ1) is 7.44. The summed E-state index contributed by atoms with van der Waals surface area (Å²) < 4.78 is 86.9. The number of esters is 1. The van der Waals surface area contributed by atoms with Crippen LogP contribution in [0.5, 0.6) is 0 Å². The number of hydrogen-bond acceptors (Lipinski definition) is 3. The molecule has 0 saturated heterocycles. The van der Waals surface area contributed by atoms with Crippen molar-refractivity contribution < 1.29 is 40.3 Å². The highest BCUT2D eigenvalue weighted by Gasteiger charge is 2.63. The largest absolute Gasteiger partial charge is 0.451 e. The smallest absolute Gasteiger partial charge is 0.422 e. The van der Waals surface area contributed by atoms with E-state index in [9.17, 15) is 35.5 Å². The summed E-state index contributed by atoms with van der Waals surface area (Å²) >= 11 is 0. The summed E-state index contributed by atoms with van der Waals surface area (Å²) in [5.41, 5.74) is 7.52. The quantitative estimate of drug-likeness (QED) is 0.196. The monoisotopic (exact) mass is 269 g/mol. The number of azide groups is 1. The third-order valence-electron chi connectivity index (χ3n) is 1.17. The Bertz CT molecular complexity index is 346. The lowest BCUT2D eigenvalue weighted by atomic mass is 10.3. The number of halogens is 7. The molecule has 0 aromatic carbocycles. The Morgan fingerprint density at radius 1 is 1.18 bits per heavy atom. The van der Waals surface area contributed by atoms with Gasteiger partial charge in [-0.2, -0.15) is 30.7 Å². The average molecular weight is 269 g/mol. The number of carbonyl (C=O) groups excluding carboxylic acids is 1. The van der Waals surface area contributed by atoms with Crippen LogP contribution in [0.4, 0.5) is 30.7 Å². The summed E-state index contributed by atoms with van der Waals surface area (Å²) in [6.45, 7) is -2.46. The molecule has 0 atom stereocenters. The highest BCUT2D eigenvalue weighted by molar-refractivity contribution is 5.78. The van der Waals surface area contributed by atoms with Gasteiger partial charge in [-0.15, -0.1) is 0 Å². The Hall–Kier alpha value is -1.71. The van der Waals surface area contributed by atoms with Crippen molar-refractivity contribution in [2.24, 2.45) is 5.11 Å². The van der Waals surface area contributed by atoms with Gasteiger partial charge in [-0.1, -0.05) is 0 Å². The number of hydrogen-bond donors (Lipinski definition) is 0. The normalized spacial score (nSPS) is 12.9. The fourth-order valence-corrected chi connectivity index (χ4v) is 0.480. The molecule has 0 amide bonds. The van der Waals surface area contributed by atoms with E-state index in [1.165, 1.54) is 10.0 Å². The van der Waals surface area contributed by atoms with Crippen molar-refractivity contribution in [3.8, 4) is 0 Å². The van der Waals surface area contributed by atoms with E-state index >= 15 is 0 Å². The molecule has 0 fully saturated rings. The van der Waals surface area contributed by atoms with Gasteiger partial charge in [-0.25, -0.2) is 4.79 Å². The molecular weight excluding hydrogens is 267 g/mol. The number of nitrogens with zero attached hydrogens (tertiary/aromatic N) is 3. The molecule has 0 spiro atoms. The van der Waals surface area contributed by atoms with Crippen LogP contribution in [0, 0.1) is 0 Å². The van der Waals surface area contributed by atoms with Crippen molar-refractivity contribution in [2.45, 2.75) is 18.1 Å². The highest BCUT2D eigenvalue weighted by atomic mass is 19.4. The molecule has 0 bridgehead atoms. The molecule has 0 rings (SSSR count). The molecule has 0 aliphatic heterocycles. The molecule has 0 aliphatic carbocycles. The Labute approximate surface area is 87.8 Å². The molecule has 5 nitrogen and oxygen atoms in total. The second-order valence-corrected chi connectivity index (χ2v) is 2.50. The molecule has 17 heavy (non-hydrogen) atoms. The molecule has 12 heteroatoms. The van der Waals surface area contributed by atoms with E-state index in [0.717, 1.165) is 0 Å². The average Bonchev–Trinajstić information content (AvgIpc) is 2.12. The molecule has 0 unspecified atom stereocenters. The zero-order chi connectivity index (χ0) is 13.9. The predicted octanol–water partition coefficient (Wildman–Crippen LogP) is 2.63. The van der Waals surface area contributed by atoms with E-state index in [0.29, 0.717) is 0 Å². The van der Waals surface area contributed by atoms with Crippen LogP contribution in [0.1, 0.15) is 0 Å². The molecule has 0 aromatic rings. The van der Waals surface area contributed by atoms with Gasteiger partial charge in [0.15, 0.2) is 6.61 Å². The minimum atomic E-state index is -5.69. The molecule has 0 N–H and O–H groups in total. The summed E-state index contributed by atoms with van der Waals surface area (Å²) in [6.07, 6.45) is -5.15. The summed E-state index contributed by atoms with van der Waals surface area (Å²) in [5, 5.41) is 1.31. The van der Waals surface area contributed by atoms with Gasteiger partial charge in [0.2, 0.25) is 0 Å². The van der Waals surface area contributed by atoms with Gasteiger partial charge in [-0.05, 0) is 10.6 Å². The van der Waals surface area contributed by atoms with Crippen LogP contribution < -0.4 is 0 Å². The zero-order valence-electron chi connectivity index (χ0n) is 7.51. The van der Waals surface area contributed by atoms with Crippen molar-refractivity contribution in [1.82, 2.24) is 0 Å². The van der Waals surface area contributed by atoms with Crippen molar-refractivity contribution in [1.29, 1.82) is 0 Å². The lowest BCUT2D eigenvalue weighted by Gasteiger charge is -2.20. The summed E-state index contributed by atoms with van der Waals surface area (Å²) in [6, 6.07) is -5.52. The van der Waals surface area contributed by atoms with E-state index in [1.54, 1.807) is 0 Å². The topological polar surface area (TPSA) is 75.1 Å². The lowest BCUT2D eigenvalue weighted by Crippen LogP contribution is -2.47. The maximum absolute atomic E-state index is 12.5. The first-order valence-corrected chi connectivity index (χ1v) is 3.50. The third-order valence-corrected chi connectivity index (χ3v) is 1.17. The van der Waals surface area contributed by atoms with E-state index in [2.05, 4.69) is 4.74 Å². The Kier molecular flexibility index (Phi) is 4.19. The minimum Gasteiger partial charge on any atom is -0.451 e. The SMILES string of the molecule is [N-]=[N+]=NC(F)(F)C(F)(F)C(=O)OCC(F)(F)F. The predicted molar refractivity (Wildman–Crippen MR) is 36.1 cm³/mol. The van der Waals surface area contributed by atoms with E-state index in [4.69, 9.17) is 5.53 Å². The van der Waals surface area contributed by atoms with Crippen LogP contribution >= 0.6 is 0 Å². The Balaban J connectivity index is 4.83. The van der Waals surface area contributed by atoms with Crippen molar-refractivity contribution in [2.75, 3.05) is 6.61 Å². The molecule has 0 radical (unpaired) electrons. The van der Waals surface area contributed by atoms with E-state index in [1.807, 2.05) is 0 Å². The second kappa shape index (κ2) is 4.65. The van der Waals surface area contributed by atoms with Crippen LogP contribution in [0.15, 0.2) is 5.11 Å². The van der Waals surface area contributed by atoms with Crippen LogP contribution in [0.25, 0.3) is 10.4 Å². The number of carbonyl (C=O) groups is 1. The molecule has 0 aliphatic rings. The molecule has 0 aromatic heterocycles. The highest BCUT2D eigenvalue weighted by Crippen LogP contribution is 2.36.